The number of rotatable bonds is 9. The van der Waals surface area contributed by atoms with Crippen LogP contribution in [0.25, 0.3) is 0 Å². The zero-order chi connectivity index (χ0) is 14.1. The summed E-state index contributed by atoms with van der Waals surface area (Å²) in [4.78, 5) is 22.3. The van der Waals surface area contributed by atoms with Gasteiger partial charge in [0.25, 0.3) is 0 Å². The number of carbonyl (C=O) groups is 2. The number of nitrogens with one attached hydrogen (secondary N) is 2. The van der Waals surface area contributed by atoms with Gasteiger partial charge in [0.2, 0.25) is 5.91 Å². The first-order valence-electron chi connectivity index (χ1n) is 6.80. The average Bonchev–Trinajstić information content (AvgIpc) is 3.08. The van der Waals surface area contributed by atoms with Crippen LogP contribution in [0, 0.1) is 5.41 Å². The normalized spacial score (nSPS) is 16.3. The molecule has 0 radical (unpaired) electrons. The van der Waals surface area contributed by atoms with Crippen molar-refractivity contribution in [1.29, 1.82) is 0 Å². The van der Waals surface area contributed by atoms with Gasteiger partial charge in [0.05, 0.1) is 6.42 Å². The topological polar surface area (TPSA) is 67.4 Å². The summed E-state index contributed by atoms with van der Waals surface area (Å²) in [5.74, 6) is -0.137. The second kappa shape index (κ2) is 7.94. The first-order chi connectivity index (χ1) is 9.08. The number of esters is 1. The van der Waals surface area contributed by atoms with Gasteiger partial charge in [0.1, 0.15) is 6.61 Å². The Morgan fingerprint density at radius 1 is 1.32 bits per heavy atom. The Morgan fingerprint density at radius 3 is 2.63 bits per heavy atom. The first-order valence-corrected chi connectivity index (χ1v) is 6.80. The molecule has 0 saturated heterocycles. The van der Waals surface area contributed by atoms with E-state index in [-0.39, 0.29) is 17.3 Å². The standard InChI is InChI=1S/C14H24N2O3/c1-12(17)16-8-4-3-5-14(6-7-14)11-13(18)19-10-9-15-2/h3,5,15H,4,6-11H2,1-2H3,(H,16,17)/b5-3+. The number of hydrogen-bond acceptors (Lipinski definition) is 4. The predicted octanol–water partition coefficient (Wildman–Crippen LogP) is 1.00. The molecule has 0 heterocycles. The Labute approximate surface area is 114 Å². The number of allylic oxidation sites excluding steroid dienone is 1. The van der Waals surface area contributed by atoms with Crippen LogP contribution < -0.4 is 10.6 Å². The minimum atomic E-state index is -0.126. The van der Waals surface area contributed by atoms with Crippen molar-refractivity contribution in [3.63, 3.8) is 0 Å². The number of amides is 1. The quantitative estimate of drug-likeness (QED) is 0.372. The number of ether oxygens (including phenoxy) is 1. The molecule has 0 spiro atoms. The van der Waals surface area contributed by atoms with Crippen molar-refractivity contribution in [1.82, 2.24) is 10.6 Å². The van der Waals surface area contributed by atoms with E-state index in [1.165, 1.54) is 6.92 Å². The third kappa shape index (κ3) is 6.96. The summed E-state index contributed by atoms with van der Waals surface area (Å²) in [7, 11) is 1.83. The lowest BCUT2D eigenvalue weighted by atomic mass is 10.0. The maximum Gasteiger partial charge on any atom is 0.306 e. The second-order valence-electron chi connectivity index (χ2n) is 5.04. The third-order valence-electron chi connectivity index (χ3n) is 3.16. The van der Waals surface area contributed by atoms with Crippen LogP contribution in [0.4, 0.5) is 0 Å². The van der Waals surface area contributed by atoms with Gasteiger partial charge in [-0.05, 0) is 31.7 Å². The lowest BCUT2D eigenvalue weighted by molar-refractivity contribution is -0.144. The van der Waals surface area contributed by atoms with E-state index < -0.39 is 0 Å². The van der Waals surface area contributed by atoms with Gasteiger partial charge in [-0.1, -0.05) is 12.2 Å². The summed E-state index contributed by atoms with van der Waals surface area (Å²) < 4.78 is 5.12. The van der Waals surface area contributed by atoms with E-state index in [4.69, 9.17) is 4.74 Å². The fourth-order valence-corrected chi connectivity index (χ4v) is 1.83. The summed E-state index contributed by atoms with van der Waals surface area (Å²) in [5, 5.41) is 5.67. The van der Waals surface area contributed by atoms with Crippen molar-refractivity contribution in [2.45, 2.75) is 32.6 Å². The minimum Gasteiger partial charge on any atom is -0.464 e. The highest BCUT2D eigenvalue weighted by molar-refractivity contribution is 5.72. The molecule has 1 fully saturated rings. The molecule has 5 nitrogen and oxygen atoms in total. The van der Waals surface area contributed by atoms with Crippen LogP contribution in [0.2, 0.25) is 0 Å². The fourth-order valence-electron chi connectivity index (χ4n) is 1.83. The third-order valence-corrected chi connectivity index (χ3v) is 3.16. The highest BCUT2D eigenvalue weighted by Gasteiger charge is 2.42. The molecule has 1 saturated carbocycles. The van der Waals surface area contributed by atoms with Crippen LogP contribution >= 0.6 is 0 Å². The van der Waals surface area contributed by atoms with Crippen molar-refractivity contribution in [2.75, 3.05) is 26.7 Å². The Hall–Kier alpha value is -1.36. The summed E-state index contributed by atoms with van der Waals surface area (Å²) >= 11 is 0. The van der Waals surface area contributed by atoms with Gasteiger partial charge in [0, 0.05) is 20.0 Å². The average molecular weight is 268 g/mol. The smallest absolute Gasteiger partial charge is 0.306 e. The number of carbonyl (C=O) groups excluding carboxylic acids is 2. The van der Waals surface area contributed by atoms with Crippen molar-refractivity contribution in [2.24, 2.45) is 5.41 Å². The Balaban J connectivity index is 2.19. The molecule has 1 aliphatic rings. The molecule has 0 aromatic carbocycles. The lowest BCUT2D eigenvalue weighted by Crippen LogP contribution is -2.20. The van der Waals surface area contributed by atoms with Crippen LogP contribution in [-0.2, 0) is 14.3 Å². The van der Waals surface area contributed by atoms with Crippen LogP contribution in [-0.4, -0.2) is 38.6 Å². The predicted molar refractivity (Wildman–Crippen MR) is 73.6 cm³/mol. The molecule has 1 aliphatic carbocycles. The largest absolute Gasteiger partial charge is 0.464 e. The number of likely N-dealkylation sites (N-methyl/N-ethyl adjacent to an activating group) is 1. The van der Waals surface area contributed by atoms with Crippen molar-refractivity contribution in [3.05, 3.63) is 12.2 Å². The summed E-state index contributed by atoms with van der Waals surface area (Å²) in [6.45, 7) is 3.27. The molecule has 0 aliphatic heterocycles. The molecule has 1 amide bonds. The van der Waals surface area contributed by atoms with Crippen molar-refractivity contribution >= 4 is 11.9 Å². The second-order valence-corrected chi connectivity index (χ2v) is 5.04. The summed E-state index contributed by atoms with van der Waals surface area (Å²) in [6, 6.07) is 0. The molecule has 5 heteroatoms. The van der Waals surface area contributed by atoms with E-state index in [9.17, 15) is 9.59 Å². The van der Waals surface area contributed by atoms with E-state index in [0.29, 0.717) is 26.1 Å². The van der Waals surface area contributed by atoms with Gasteiger partial charge in [-0.2, -0.15) is 0 Å². The van der Waals surface area contributed by atoms with Gasteiger partial charge >= 0.3 is 5.97 Å². The SMILES string of the molecule is CNCCOC(=O)CC1(/C=C/CCNC(C)=O)CC1. The van der Waals surface area contributed by atoms with Gasteiger partial charge in [-0.15, -0.1) is 0 Å². The molecule has 2 N–H and O–H groups in total. The monoisotopic (exact) mass is 268 g/mol. The molecule has 0 unspecified atom stereocenters. The van der Waals surface area contributed by atoms with Crippen LogP contribution in [0.1, 0.15) is 32.6 Å². The highest BCUT2D eigenvalue weighted by Crippen LogP contribution is 2.50. The van der Waals surface area contributed by atoms with Crippen LogP contribution in [0.15, 0.2) is 12.2 Å². The van der Waals surface area contributed by atoms with Gasteiger partial charge in [-0.25, -0.2) is 0 Å². The highest BCUT2D eigenvalue weighted by atomic mass is 16.5. The number of hydrogen-bond donors (Lipinski definition) is 2. The maximum atomic E-state index is 11.6. The maximum absolute atomic E-state index is 11.6. The molecule has 0 bridgehead atoms. The van der Waals surface area contributed by atoms with E-state index in [2.05, 4.69) is 16.7 Å². The Bertz CT molecular complexity index is 336. The van der Waals surface area contributed by atoms with Crippen molar-refractivity contribution < 1.29 is 14.3 Å². The van der Waals surface area contributed by atoms with Crippen LogP contribution in [0.3, 0.4) is 0 Å². The Morgan fingerprint density at radius 2 is 2.05 bits per heavy atom. The molecule has 19 heavy (non-hydrogen) atoms. The zero-order valence-corrected chi connectivity index (χ0v) is 11.8. The minimum absolute atomic E-state index is 0.0114. The van der Waals surface area contributed by atoms with Gasteiger partial charge in [-0.3, -0.25) is 9.59 Å². The molecule has 1 rings (SSSR count). The van der Waals surface area contributed by atoms with Gasteiger partial charge in [0.15, 0.2) is 0 Å². The van der Waals surface area contributed by atoms with Crippen molar-refractivity contribution in [3.8, 4) is 0 Å². The molecule has 108 valence electrons. The van der Waals surface area contributed by atoms with Crippen LogP contribution in [0.5, 0.6) is 0 Å². The Kier molecular flexibility index (Phi) is 6.56. The van der Waals surface area contributed by atoms with E-state index in [0.717, 1.165) is 19.3 Å². The first kappa shape index (κ1) is 15.7. The fraction of sp³-hybridized carbons (Fsp3) is 0.714. The summed E-state index contributed by atoms with van der Waals surface area (Å²) in [5.41, 5.74) is 0.0208. The zero-order valence-electron chi connectivity index (χ0n) is 11.8. The van der Waals surface area contributed by atoms with E-state index >= 15 is 0 Å². The van der Waals surface area contributed by atoms with E-state index in [1.807, 2.05) is 13.1 Å². The molecular formula is C14H24N2O3. The molecule has 0 atom stereocenters. The molecular weight excluding hydrogens is 244 g/mol. The molecule has 0 aromatic rings. The lowest BCUT2D eigenvalue weighted by Gasteiger charge is -2.10. The van der Waals surface area contributed by atoms with Gasteiger partial charge < -0.3 is 15.4 Å². The molecule has 0 aromatic heterocycles. The summed E-state index contributed by atoms with van der Waals surface area (Å²) in [6.07, 6.45) is 7.51. The van der Waals surface area contributed by atoms with E-state index in [1.54, 1.807) is 0 Å².